The molecule has 3 aromatic rings. The number of nitrogens with one attached hydrogen (secondary N) is 1. The SMILES string of the molecule is O=C(CN1CCC(c2cccc(-c3ccc(Cl)cc3)c2)=N1)Nc1ccc(Cl)cc1Cl. The number of rotatable bonds is 5. The highest BCUT2D eigenvalue weighted by Crippen LogP contribution is 2.26. The van der Waals surface area contributed by atoms with Crippen LogP contribution in [0.2, 0.25) is 15.1 Å². The number of carbonyl (C=O) groups excluding carboxylic acids is 1. The van der Waals surface area contributed by atoms with Crippen LogP contribution in [0.25, 0.3) is 11.1 Å². The molecule has 1 heterocycles. The molecule has 0 aromatic heterocycles. The second-order valence-corrected chi connectivity index (χ2v) is 8.22. The molecule has 7 heteroatoms. The molecule has 0 saturated heterocycles. The van der Waals surface area contributed by atoms with Gasteiger partial charge >= 0.3 is 0 Å². The van der Waals surface area contributed by atoms with Crippen molar-refractivity contribution in [3.8, 4) is 11.1 Å². The average Bonchev–Trinajstić information content (AvgIpc) is 3.19. The zero-order valence-corrected chi connectivity index (χ0v) is 18.2. The van der Waals surface area contributed by atoms with Gasteiger partial charge in [-0.05, 0) is 53.1 Å². The molecule has 0 unspecified atom stereocenters. The first kappa shape index (κ1) is 20.7. The standard InChI is InChI=1S/C23H18Cl3N3O/c24-18-6-4-15(5-7-18)16-2-1-3-17(12-16)21-10-11-29(28-21)14-23(30)27-22-9-8-19(25)13-20(22)26/h1-9,12-13H,10-11,14H2,(H,27,30). The highest BCUT2D eigenvalue weighted by atomic mass is 35.5. The largest absolute Gasteiger partial charge is 0.323 e. The van der Waals surface area contributed by atoms with Crippen molar-refractivity contribution in [1.82, 2.24) is 5.01 Å². The number of hydrogen-bond acceptors (Lipinski definition) is 3. The summed E-state index contributed by atoms with van der Waals surface area (Å²) in [5.74, 6) is -0.181. The molecular formula is C23H18Cl3N3O. The Morgan fingerprint density at radius 3 is 2.40 bits per heavy atom. The van der Waals surface area contributed by atoms with Gasteiger partial charge in [0.05, 0.1) is 16.4 Å². The minimum atomic E-state index is -0.181. The number of anilines is 1. The van der Waals surface area contributed by atoms with Crippen LogP contribution in [0.15, 0.2) is 71.8 Å². The zero-order chi connectivity index (χ0) is 21.1. The van der Waals surface area contributed by atoms with E-state index in [1.165, 1.54) is 0 Å². The quantitative estimate of drug-likeness (QED) is 0.483. The van der Waals surface area contributed by atoms with E-state index in [-0.39, 0.29) is 12.5 Å². The van der Waals surface area contributed by atoms with E-state index in [1.54, 1.807) is 23.2 Å². The maximum atomic E-state index is 12.4. The Kier molecular flexibility index (Phi) is 6.28. The third-order valence-corrected chi connectivity index (χ3v) is 5.57. The topological polar surface area (TPSA) is 44.7 Å². The second kappa shape index (κ2) is 9.09. The number of halogens is 3. The molecule has 1 aliphatic heterocycles. The van der Waals surface area contributed by atoms with E-state index in [1.807, 2.05) is 36.4 Å². The molecule has 1 N–H and O–H groups in total. The molecule has 1 aliphatic rings. The summed E-state index contributed by atoms with van der Waals surface area (Å²) in [6.45, 7) is 0.835. The van der Waals surface area contributed by atoms with Crippen molar-refractivity contribution in [2.45, 2.75) is 6.42 Å². The fourth-order valence-corrected chi connectivity index (χ4v) is 3.87. The summed E-state index contributed by atoms with van der Waals surface area (Å²) in [6.07, 6.45) is 0.777. The van der Waals surface area contributed by atoms with Crippen LogP contribution in [0.5, 0.6) is 0 Å². The van der Waals surface area contributed by atoms with Crippen molar-refractivity contribution in [2.75, 3.05) is 18.4 Å². The van der Waals surface area contributed by atoms with Crippen molar-refractivity contribution >= 4 is 52.1 Å². The molecule has 4 nitrogen and oxygen atoms in total. The number of hydrazone groups is 1. The Labute approximate surface area is 190 Å². The highest BCUT2D eigenvalue weighted by Gasteiger charge is 2.19. The molecule has 1 amide bonds. The molecule has 152 valence electrons. The Morgan fingerprint density at radius 1 is 0.900 bits per heavy atom. The molecule has 0 atom stereocenters. The normalized spacial score (nSPS) is 13.3. The van der Waals surface area contributed by atoms with E-state index in [4.69, 9.17) is 34.8 Å². The van der Waals surface area contributed by atoms with Crippen molar-refractivity contribution in [2.24, 2.45) is 5.10 Å². The Morgan fingerprint density at radius 2 is 1.63 bits per heavy atom. The minimum absolute atomic E-state index is 0.152. The van der Waals surface area contributed by atoms with Gasteiger partial charge in [0.25, 0.3) is 0 Å². The Hall–Kier alpha value is -2.53. The first-order valence-corrected chi connectivity index (χ1v) is 10.5. The van der Waals surface area contributed by atoms with Crippen LogP contribution in [0.1, 0.15) is 12.0 Å². The third kappa shape index (κ3) is 4.96. The van der Waals surface area contributed by atoms with Crippen LogP contribution < -0.4 is 5.32 Å². The molecular weight excluding hydrogens is 441 g/mol. The fraction of sp³-hybridized carbons (Fsp3) is 0.130. The lowest BCUT2D eigenvalue weighted by atomic mass is 10.0. The smallest absolute Gasteiger partial charge is 0.245 e. The van der Waals surface area contributed by atoms with Gasteiger partial charge in [-0.25, -0.2) is 0 Å². The molecule has 0 radical (unpaired) electrons. The van der Waals surface area contributed by atoms with Crippen LogP contribution in [-0.4, -0.2) is 29.7 Å². The molecule has 0 spiro atoms. The van der Waals surface area contributed by atoms with Crippen molar-refractivity contribution in [3.63, 3.8) is 0 Å². The lowest BCUT2D eigenvalue weighted by Gasteiger charge is -2.14. The Bertz CT molecular complexity index is 1110. The van der Waals surface area contributed by atoms with E-state index < -0.39 is 0 Å². The molecule has 0 bridgehead atoms. The van der Waals surface area contributed by atoms with Crippen LogP contribution >= 0.6 is 34.8 Å². The van der Waals surface area contributed by atoms with Crippen molar-refractivity contribution < 1.29 is 4.79 Å². The summed E-state index contributed by atoms with van der Waals surface area (Å²) in [7, 11) is 0. The van der Waals surface area contributed by atoms with Gasteiger partial charge in [-0.3, -0.25) is 9.80 Å². The molecule has 30 heavy (non-hydrogen) atoms. The molecule has 0 aliphatic carbocycles. The van der Waals surface area contributed by atoms with Gasteiger partial charge < -0.3 is 5.32 Å². The minimum Gasteiger partial charge on any atom is -0.323 e. The lowest BCUT2D eigenvalue weighted by molar-refractivity contribution is -0.117. The summed E-state index contributed by atoms with van der Waals surface area (Å²) >= 11 is 18.0. The maximum absolute atomic E-state index is 12.4. The van der Waals surface area contributed by atoms with Crippen LogP contribution in [0.4, 0.5) is 5.69 Å². The second-order valence-electron chi connectivity index (χ2n) is 6.94. The van der Waals surface area contributed by atoms with Gasteiger partial charge in [0.15, 0.2) is 0 Å². The molecule has 3 aromatic carbocycles. The molecule has 0 saturated carbocycles. The lowest BCUT2D eigenvalue weighted by Crippen LogP contribution is -2.28. The van der Waals surface area contributed by atoms with Crippen LogP contribution in [0, 0.1) is 0 Å². The number of benzene rings is 3. The first-order valence-electron chi connectivity index (χ1n) is 9.42. The molecule has 4 rings (SSSR count). The van der Waals surface area contributed by atoms with E-state index in [9.17, 15) is 4.79 Å². The predicted octanol–water partition coefficient (Wildman–Crippen LogP) is 6.36. The van der Waals surface area contributed by atoms with Gasteiger partial charge in [0.2, 0.25) is 5.91 Å². The van der Waals surface area contributed by atoms with Gasteiger partial charge in [0, 0.05) is 23.0 Å². The van der Waals surface area contributed by atoms with E-state index in [0.717, 1.165) is 28.8 Å². The maximum Gasteiger partial charge on any atom is 0.245 e. The summed E-state index contributed by atoms with van der Waals surface area (Å²) in [5, 5.41) is 10.8. The van der Waals surface area contributed by atoms with E-state index in [2.05, 4.69) is 22.6 Å². The zero-order valence-electron chi connectivity index (χ0n) is 15.9. The highest BCUT2D eigenvalue weighted by molar-refractivity contribution is 6.36. The summed E-state index contributed by atoms with van der Waals surface area (Å²) in [5.41, 5.74) is 4.73. The number of amides is 1. The monoisotopic (exact) mass is 457 g/mol. The third-order valence-electron chi connectivity index (χ3n) is 4.77. The summed E-state index contributed by atoms with van der Waals surface area (Å²) in [4.78, 5) is 12.4. The summed E-state index contributed by atoms with van der Waals surface area (Å²) in [6, 6.07) is 20.9. The van der Waals surface area contributed by atoms with Gasteiger partial charge in [-0.2, -0.15) is 5.10 Å². The van der Waals surface area contributed by atoms with Gasteiger partial charge in [-0.1, -0.05) is 65.1 Å². The fourth-order valence-electron chi connectivity index (χ4n) is 3.29. The van der Waals surface area contributed by atoms with Crippen molar-refractivity contribution in [3.05, 3.63) is 87.4 Å². The van der Waals surface area contributed by atoms with E-state index in [0.29, 0.717) is 27.3 Å². The van der Waals surface area contributed by atoms with Gasteiger partial charge in [-0.15, -0.1) is 0 Å². The van der Waals surface area contributed by atoms with Crippen LogP contribution in [0.3, 0.4) is 0 Å². The number of hydrogen-bond donors (Lipinski definition) is 1. The number of carbonyl (C=O) groups is 1. The molecule has 0 fully saturated rings. The first-order chi connectivity index (χ1) is 14.5. The van der Waals surface area contributed by atoms with Crippen LogP contribution in [-0.2, 0) is 4.79 Å². The Balaban J connectivity index is 1.44. The van der Waals surface area contributed by atoms with Crippen molar-refractivity contribution in [1.29, 1.82) is 0 Å². The number of nitrogens with zero attached hydrogens (tertiary/aromatic N) is 2. The predicted molar refractivity (Wildman–Crippen MR) is 125 cm³/mol. The summed E-state index contributed by atoms with van der Waals surface area (Å²) < 4.78 is 0. The average molecular weight is 459 g/mol. The van der Waals surface area contributed by atoms with E-state index >= 15 is 0 Å². The van der Waals surface area contributed by atoms with Gasteiger partial charge in [0.1, 0.15) is 6.54 Å².